The van der Waals surface area contributed by atoms with E-state index in [1.54, 1.807) is 0 Å². The van der Waals surface area contributed by atoms with Gasteiger partial charge in [-0.2, -0.15) is 5.10 Å². The highest BCUT2D eigenvalue weighted by molar-refractivity contribution is 6.00. The lowest BCUT2D eigenvalue weighted by atomic mass is 9.95. The highest BCUT2D eigenvalue weighted by atomic mass is 16.5. The van der Waals surface area contributed by atoms with Gasteiger partial charge in [-0.25, -0.2) is 0 Å². The predicted octanol–water partition coefficient (Wildman–Crippen LogP) is 5.13. The van der Waals surface area contributed by atoms with E-state index in [1.165, 1.54) is 5.56 Å². The van der Waals surface area contributed by atoms with Crippen molar-refractivity contribution in [2.45, 2.75) is 39.7 Å². The maximum atomic E-state index is 13.2. The summed E-state index contributed by atoms with van der Waals surface area (Å²) in [6.07, 6.45) is 2.01. The lowest BCUT2D eigenvalue weighted by molar-refractivity contribution is 0.0741. The number of fused-ring (bicyclic) bond motifs is 1. The summed E-state index contributed by atoms with van der Waals surface area (Å²) in [5.74, 6) is 0.866. The summed E-state index contributed by atoms with van der Waals surface area (Å²) in [6.45, 7) is 7.54. The van der Waals surface area contributed by atoms with E-state index in [-0.39, 0.29) is 11.9 Å². The minimum atomic E-state index is -0.144. The normalized spacial score (nSPS) is 15.6. The molecule has 4 rings (SSSR count). The number of aromatic amines is 1. The van der Waals surface area contributed by atoms with Crippen molar-refractivity contribution in [1.82, 2.24) is 15.1 Å². The van der Waals surface area contributed by atoms with E-state index in [1.807, 2.05) is 24.0 Å². The van der Waals surface area contributed by atoms with E-state index in [2.05, 4.69) is 60.4 Å². The van der Waals surface area contributed by atoms with E-state index in [0.717, 1.165) is 47.5 Å². The van der Waals surface area contributed by atoms with Gasteiger partial charge in [0.15, 0.2) is 0 Å². The number of rotatable bonds is 7. The second-order valence-corrected chi connectivity index (χ2v) is 7.48. The van der Waals surface area contributed by atoms with Crippen LogP contribution in [0.4, 0.5) is 0 Å². The van der Waals surface area contributed by atoms with Crippen LogP contribution < -0.4 is 4.74 Å². The smallest absolute Gasteiger partial charge is 0.273 e. The third kappa shape index (κ3) is 3.53. The maximum Gasteiger partial charge on any atom is 0.273 e. The SMILES string of the molecule is CCCCN1C(=O)c2[nH]nc(-c3ccc(C)cc3)c2C1c1ccc(OCC)cc1. The lowest BCUT2D eigenvalue weighted by Gasteiger charge is -2.26. The van der Waals surface area contributed by atoms with Crippen LogP contribution in [0, 0.1) is 6.92 Å². The molecule has 0 fully saturated rings. The molecule has 1 unspecified atom stereocenters. The molecule has 1 N–H and O–H groups in total. The first-order chi connectivity index (χ1) is 14.1. The third-order valence-electron chi connectivity index (χ3n) is 5.45. The van der Waals surface area contributed by atoms with E-state index in [0.29, 0.717) is 12.3 Å². The van der Waals surface area contributed by atoms with Gasteiger partial charge >= 0.3 is 0 Å². The summed E-state index contributed by atoms with van der Waals surface area (Å²) < 4.78 is 5.60. The highest BCUT2D eigenvalue weighted by Gasteiger charge is 2.41. The molecule has 29 heavy (non-hydrogen) atoms. The molecular weight excluding hydrogens is 362 g/mol. The molecule has 5 heteroatoms. The zero-order valence-corrected chi connectivity index (χ0v) is 17.2. The van der Waals surface area contributed by atoms with Crippen LogP contribution in [0.1, 0.15) is 59.9 Å². The topological polar surface area (TPSA) is 58.2 Å². The second-order valence-electron chi connectivity index (χ2n) is 7.48. The van der Waals surface area contributed by atoms with Crippen molar-refractivity contribution < 1.29 is 9.53 Å². The van der Waals surface area contributed by atoms with Crippen molar-refractivity contribution in [3.8, 4) is 17.0 Å². The molecule has 2 aromatic carbocycles. The number of hydrogen-bond acceptors (Lipinski definition) is 3. The van der Waals surface area contributed by atoms with E-state index in [4.69, 9.17) is 4.74 Å². The Kier molecular flexibility index (Phi) is 5.38. The molecule has 0 aliphatic carbocycles. The molecule has 150 valence electrons. The summed E-state index contributed by atoms with van der Waals surface area (Å²) in [5, 5.41) is 7.55. The number of aryl methyl sites for hydroxylation is 1. The predicted molar refractivity (Wildman–Crippen MR) is 114 cm³/mol. The molecule has 0 radical (unpaired) electrons. The Labute approximate surface area is 171 Å². The van der Waals surface area contributed by atoms with Crippen molar-refractivity contribution >= 4 is 5.91 Å². The Balaban J connectivity index is 1.80. The Morgan fingerprint density at radius 2 is 1.79 bits per heavy atom. The van der Waals surface area contributed by atoms with Crippen molar-refractivity contribution in [3.05, 3.63) is 70.9 Å². The molecule has 0 saturated heterocycles. The summed E-state index contributed by atoms with van der Waals surface area (Å²) in [4.78, 5) is 15.2. The van der Waals surface area contributed by atoms with Crippen molar-refractivity contribution in [1.29, 1.82) is 0 Å². The molecule has 0 saturated carbocycles. The van der Waals surface area contributed by atoms with Crippen molar-refractivity contribution in [3.63, 3.8) is 0 Å². The number of nitrogens with one attached hydrogen (secondary N) is 1. The number of ether oxygens (including phenoxy) is 1. The summed E-state index contributed by atoms with van der Waals surface area (Å²) in [5.41, 5.74) is 5.73. The number of nitrogens with zero attached hydrogens (tertiary/aromatic N) is 2. The van der Waals surface area contributed by atoms with Crippen LogP contribution >= 0.6 is 0 Å². The first kappa shape index (κ1) is 19.2. The van der Waals surface area contributed by atoms with Crippen LogP contribution in [0.2, 0.25) is 0 Å². The Bertz CT molecular complexity index is 990. The van der Waals surface area contributed by atoms with E-state index < -0.39 is 0 Å². The molecule has 0 spiro atoms. The number of amides is 1. The van der Waals surface area contributed by atoms with Crippen molar-refractivity contribution in [2.75, 3.05) is 13.2 Å². The number of aromatic nitrogens is 2. The van der Waals surface area contributed by atoms with E-state index >= 15 is 0 Å². The number of carbonyl (C=O) groups is 1. The molecule has 1 aromatic heterocycles. The minimum absolute atomic E-state index is 0.0261. The minimum Gasteiger partial charge on any atom is -0.494 e. The van der Waals surface area contributed by atoms with Gasteiger partial charge in [-0.3, -0.25) is 9.89 Å². The van der Waals surface area contributed by atoms with Gasteiger partial charge in [-0.15, -0.1) is 0 Å². The van der Waals surface area contributed by atoms with Crippen LogP contribution in [0.3, 0.4) is 0 Å². The van der Waals surface area contributed by atoms with Crippen LogP contribution in [0.15, 0.2) is 48.5 Å². The highest BCUT2D eigenvalue weighted by Crippen LogP contribution is 2.43. The van der Waals surface area contributed by atoms with Gasteiger partial charge in [0.25, 0.3) is 5.91 Å². The Morgan fingerprint density at radius 1 is 1.07 bits per heavy atom. The van der Waals surface area contributed by atoms with Crippen LogP contribution in [0.25, 0.3) is 11.3 Å². The third-order valence-corrected chi connectivity index (χ3v) is 5.45. The number of benzene rings is 2. The van der Waals surface area contributed by atoms with Crippen LogP contribution in [-0.4, -0.2) is 34.2 Å². The quantitative estimate of drug-likeness (QED) is 0.609. The number of unbranched alkanes of at least 4 members (excludes halogenated alkanes) is 1. The molecule has 1 aliphatic rings. The van der Waals surface area contributed by atoms with E-state index in [9.17, 15) is 4.79 Å². The first-order valence-corrected chi connectivity index (χ1v) is 10.3. The fourth-order valence-corrected chi connectivity index (χ4v) is 3.95. The van der Waals surface area contributed by atoms with Gasteiger partial charge < -0.3 is 9.64 Å². The standard InChI is InChI=1S/C24H27N3O2/c1-4-6-15-27-23(18-11-13-19(14-12-18)29-5-2)20-21(25-26-22(20)24(27)28)17-9-7-16(3)8-10-17/h7-14,23H,4-6,15H2,1-3H3,(H,25,26). The Hall–Kier alpha value is -3.08. The van der Waals surface area contributed by atoms with Gasteiger partial charge in [0, 0.05) is 17.7 Å². The fourth-order valence-electron chi connectivity index (χ4n) is 3.95. The average molecular weight is 389 g/mol. The summed E-state index contributed by atoms with van der Waals surface area (Å²) in [7, 11) is 0. The largest absolute Gasteiger partial charge is 0.494 e. The molecule has 5 nitrogen and oxygen atoms in total. The number of hydrogen-bond donors (Lipinski definition) is 1. The zero-order valence-electron chi connectivity index (χ0n) is 17.2. The second kappa shape index (κ2) is 8.11. The van der Waals surface area contributed by atoms with Gasteiger partial charge in [-0.05, 0) is 38.0 Å². The van der Waals surface area contributed by atoms with Gasteiger partial charge in [0.1, 0.15) is 11.4 Å². The number of H-pyrrole nitrogens is 1. The van der Waals surface area contributed by atoms with Gasteiger partial charge in [-0.1, -0.05) is 55.3 Å². The van der Waals surface area contributed by atoms with Crippen LogP contribution in [0.5, 0.6) is 5.75 Å². The summed E-state index contributed by atoms with van der Waals surface area (Å²) >= 11 is 0. The Morgan fingerprint density at radius 3 is 2.45 bits per heavy atom. The van der Waals surface area contributed by atoms with Gasteiger partial charge in [0.2, 0.25) is 0 Å². The lowest BCUT2D eigenvalue weighted by Crippen LogP contribution is -2.30. The van der Waals surface area contributed by atoms with Gasteiger partial charge in [0.05, 0.1) is 18.3 Å². The fraction of sp³-hybridized carbons (Fsp3) is 0.333. The molecule has 2 heterocycles. The molecule has 1 aliphatic heterocycles. The molecule has 3 aromatic rings. The first-order valence-electron chi connectivity index (χ1n) is 10.3. The molecular formula is C24H27N3O2. The number of carbonyl (C=O) groups excluding carboxylic acids is 1. The molecule has 0 bridgehead atoms. The monoisotopic (exact) mass is 389 g/mol. The summed E-state index contributed by atoms with van der Waals surface area (Å²) in [6, 6.07) is 16.2. The molecule has 1 atom stereocenters. The molecule has 1 amide bonds. The van der Waals surface area contributed by atoms with Crippen molar-refractivity contribution in [2.24, 2.45) is 0 Å². The zero-order chi connectivity index (χ0) is 20.4. The maximum absolute atomic E-state index is 13.2. The van der Waals surface area contributed by atoms with Crippen LogP contribution in [-0.2, 0) is 0 Å². The average Bonchev–Trinajstić information content (AvgIpc) is 3.27.